The van der Waals surface area contributed by atoms with Crippen molar-refractivity contribution in [1.29, 1.82) is 0 Å². The molecule has 4 atom stereocenters. The largest absolute Gasteiger partial charge is 0.377 e. The Kier molecular flexibility index (Phi) is 9.33. The van der Waals surface area contributed by atoms with E-state index in [-0.39, 0.29) is 28.9 Å². The number of benzene rings is 3. The number of hydrogen-bond donors (Lipinski definition) is 2. The van der Waals surface area contributed by atoms with E-state index in [9.17, 15) is 9.59 Å². The first-order valence-electron chi connectivity index (χ1n) is 15.4. The first kappa shape index (κ1) is 30.9. The molecular weight excluding hydrogens is 541 g/mol. The van der Waals surface area contributed by atoms with Crippen LogP contribution in [0.15, 0.2) is 66.7 Å². The van der Waals surface area contributed by atoms with Crippen LogP contribution in [0.25, 0.3) is 0 Å². The average molecular weight is 586 g/mol. The van der Waals surface area contributed by atoms with Crippen LogP contribution >= 0.6 is 0 Å². The number of nitrogens with zero attached hydrogens (tertiary/aromatic N) is 1. The van der Waals surface area contributed by atoms with Crippen molar-refractivity contribution in [3.8, 4) is 0 Å². The first-order chi connectivity index (χ1) is 20.5. The van der Waals surface area contributed by atoms with Gasteiger partial charge in [0.05, 0.1) is 23.6 Å². The normalized spacial score (nSPS) is 22.4. The van der Waals surface area contributed by atoms with Crippen molar-refractivity contribution >= 4 is 17.5 Å². The molecule has 3 aromatic rings. The molecule has 3 aromatic carbocycles. The Morgan fingerprint density at radius 3 is 2.44 bits per heavy atom. The monoisotopic (exact) mass is 585 g/mol. The molecule has 6 nitrogen and oxygen atoms in total. The predicted octanol–water partition coefficient (Wildman–Crippen LogP) is 6.93. The topological polar surface area (TPSA) is 70.7 Å². The number of aryl methyl sites for hydroxylation is 1. The van der Waals surface area contributed by atoms with Crippen LogP contribution in [0.1, 0.15) is 85.6 Å². The second kappa shape index (κ2) is 13.0. The number of carbonyl (C=O) groups is 2. The molecule has 2 fully saturated rings. The summed E-state index contributed by atoms with van der Waals surface area (Å²) < 4.78 is 20.7. The molecule has 2 amide bonds. The molecule has 0 spiro atoms. The second-order valence-corrected chi connectivity index (χ2v) is 13.0. The van der Waals surface area contributed by atoms with Gasteiger partial charge in [0, 0.05) is 31.4 Å². The van der Waals surface area contributed by atoms with Gasteiger partial charge in [-0.3, -0.25) is 9.59 Å². The van der Waals surface area contributed by atoms with Crippen LogP contribution in [0.5, 0.6) is 0 Å². The van der Waals surface area contributed by atoms with Gasteiger partial charge in [-0.2, -0.15) is 0 Å². The number of rotatable bonds is 7. The number of halogens is 1. The quantitative estimate of drug-likeness (QED) is 0.316. The molecule has 7 heteroatoms. The fraction of sp³-hybridized carbons (Fsp3) is 0.444. The summed E-state index contributed by atoms with van der Waals surface area (Å²) in [6.45, 7) is 12.2. The minimum absolute atomic E-state index is 0.0611. The van der Waals surface area contributed by atoms with Gasteiger partial charge in [0.2, 0.25) is 5.91 Å². The molecule has 2 aliphatic rings. The highest BCUT2D eigenvalue weighted by Crippen LogP contribution is 2.39. The lowest BCUT2D eigenvalue weighted by atomic mass is 9.82. The van der Waals surface area contributed by atoms with E-state index < -0.39 is 17.8 Å². The number of ether oxygens (including phenoxy) is 1. The van der Waals surface area contributed by atoms with Gasteiger partial charge in [-0.05, 0) is 79.0 Å². The summed E-state index contributed by atoms with van der Waals surface area (Å²) in [6.07, 6.45) is 2.45. The molecular formula is C36H44FN3O3. The van der Waals surface area contributed by atoms with Gasteiger partial charge in [0.1, 0.15) is 5.82 Å². The van der Waals surface area contributed by atoms with Crippen LogP contribution < -0.4 is 10.6 Å². The molecule has 4 unspecified atom stereocenters. The van der Waals surface area contributed by atoms with E-state index in [1.807, 2.05) is 30.3 Å². The maximum atomic E-state index is 15.0. The van der Waals surface area contributed by atoms with Crippen molar-refractivity contribution < 1.29 is 18.7 Å². The molecule has 2 saturated heterocycles. The summed E-state index contributed by atoms with van der Waals surface area (Å²) in [5, 5.41) is 6.72. The molecule has 0 bridgehead atoms. The molecule has 5 rings (SSSR count). The van der Waals surface area contributed by atoms with E-state index in [1.54, 1.807) is 24.0 Å². The lowest BCUT2D eigenvalue weighted by Crippen LogP contribution is -2.46. The van der Waals surface area contributed by atoms with Crippen LogP contribution in [0.2, 0.25) is 0 Å². The van der Waals surface area contributed by atoms with Gasteiger partial charge in [0.15, 0.2) is 0 Å². The lowest BCUT2D eigenvalue weighted by molar-refractivity contribution is -0.123. The summed E-state index contributed by atoms with van der Waals surface area (Å²) in [6, 6.07) is 20.5. The highest BCUT2D eigenvalue weighted by molar-refractivity contribution is 5.98. The lowest BCUT2D eigenvalue weighted by Gasteiger charge is -2.41. The minimum Gasteiger partial charge on any atom is -0.377 e. The third-order valence-corrected chi connectivity index (χ3v) is 8.93. The van der Waals surface area contributed by atoms with Gasteiger partial charge >= 0.3 is 0 Å². The van der Waals surface area contributed by atoms with Gasteiger partial charge in [-0.15, -0.1) is 0 Å². The van der Waals surface area contributed by atoms with E-state index in [0.29, 0.717) is 37.5 Å². The van der Waals surface area contributed by atoms with Crippen LogP contribution in [-0.4, -0.2) is 42.0 Å². The summed E-state index contributed by atoms with van der Waals surface area (Å²) in [5.41, 5.74) is 4.43. The zero-order valence-corrected chi connectivity index (χ0v) is 26.0. The summed E-state index contributed by atoms with van der Waals surface area (Å²) in [7, 11) is 0. The first-order valence-corrected chi connectivity index (χ1v) is 15.4. The molecule has 0 aliphatic carbocycles. The van der Waals surface area contributed by atoms with Crippen molar-refractivity contribution in [1.82, 2.24) is 10.2 Å². The molecule has 2 aliphatic heterocycles. The smallest absolute Gasteiger partial charge is 0.257 e. The number of hydrogen-bond acceptors (Lipinski definition) is 4. The van der Waals surface area contributed by atoms with E-state index in [1.165, 1.54) is 6.07 Å². The Hall–Kier alpha value is -3.55. The van der Waals surface area contributed by atoms with Gasteiger partial charge in [0.25, 0.3) is 5.91 Å². The van der Waals surface area contributed by atoms with Crippen LogP contribution in [0.3, 0.4) is 0 Å². The van der Waals surface area contributed by atoms with E-state index in [0.717, 1.165) is 35.4 Å². The summed E-state index contributed by atoms with van der Waals surface area (Å²) in [4.78, 5) is 29.6. The highest BCUT2D eigenvalue weighted by atomic mass is 19.1. The standard InChI is InChI=1S/C36H44FN3O3/c1-23-9-6-13-30(37)32(23)35(42)40-19-8-12-29(34(41)39-28-11-7-10-27(21-28)36(3,4)5)33(40)26-16-14-25(15-17-26)22-38-31-18-20-43-24(31)2/h6-7,9-11,13-17,21,24,29,31,33,38H,8,12,18-20,22H2,1-5H3,(H,39,41). The maximum absolute atomic E-state index is 15.0. The maximum Gasteiger partial charge on any atom is 0.257 e. The Morgan fingerprint density at radius 1 is 1.02 bits per heavy atom. The zero-order chi connectivity index (χ0) is 30.7. The van der Waals surface area contributed by atoms with Crippen LogP contribution in [0.4, 0.5) is 10.1 Å². The summed E-state index contributed by atoms with van der Waals surface area (Å²) >= 11 is 0. The van der Waals surface area contributed by atoms with E-state index >= 15 is 4.39 Å². The molecule has 2 N–H and O–H groups in total. The number of likely N-dealkylation sites (tertiary alicyclic amines) is 1. The third kappa shape index (κ3) is 7.00. The van der Waals surface area contributed by atoms with Crippen molar-refractivity contribution in [2.24, 2.45) is 5.92 Å². The number of carbonyl (C=O) groups excluding carboxylic acids is 2. The molecule has 43 heavy (non-hydrogen) atoms. The fourth-order valence-corrected chi connectivity index (χ4v) is 6.34. The molecule has 0 radical (unpaired) electrons. The minimum atomic E-state index is -0.541. The van der Waals surface area contributed by atoms with E-state index in [2.05, 4.69) is 56.5 Å². The van der Waals surface area contributed by atoms with Crippen molar-refractivity contribution in [2.45, 2.75) is 84.0 Å². The third-order valence-electron chi connectivity index (χ3n) is 8.93. The molecule has 0 saturated carbocycles. The van der Waals surface area contributed by atoms with Gasteiger partial charge < -0.3 is 20.3 Å². The van der Waals surface area contributed by atoms with Crippen LogP contribution in [-0.2, 0) is 21.5 Å². The summed E-state index contributed by atoms with van der Waals surface area (Å²) in [5.74, 6) is -1.56. The number of nitrogens with one attached hydrogen (secondary N) is 2. The highest BCUT2D eigenvalue weighted by Gasteiger charge is 2.40. The molecule has 228 valence electrons. The SMILES string of the molecule is Cc1cccc(F)c1C(=O)N1CCCC(C(=O)Nc2cccc(C(C)(C)C)c2)C1c1ccc(CNC2CCOC2C)cc1. The molecule has 0 aromatic heterocycles. The van der Waals surface area contributed by atoms with E-state index in [4.69, 9.17) is 4.74 Å². The number of amides is 2. The Labute approximate surface area is 255 Å². The van der Waals surface area contributed by atoms with Crippen molar-refractivity contribution in [2.75, 3.05) is 18.5 Å². The molecule has 2 heterocycles. The Balaban J connectivity index is 1.44. The second-order valence-electron chi connectivity index (χ2n) is 13.0. The van der Waals surface area contributed by atoms with Crippen molar-refractivity contribution in [3.63, 3.8) is 0 Å². The predicted molar refractivity (Wildman–Crippen MR) is 169 cm³/mol. The number of piperidine rings is 1. The Bertz CT molecular complexity index is 1430. The van der Waals surface area contributed by atoms with Crippen LogP contribution in [0, 0.1) is 18.7 Å². The zero-order valence-electron chi connectivity index (χ0n) is 26.0. The van der Waals surface area contributed by atoms with Crippen molar-refractivity contribution in [3.05, 3.63) is 100 Å². The van der Waals surface area contributed by atoms with Gasteiger partial charge in [-0.1, -0.05) is 69.3 Å². The number of anilines is 1. The van der Waals surface area contributed by atoms with Gasteiger partial charge in [-0.25, -0.2) is 4.39 Å². The fourth-order valence-electron chi connectivity index (χ4n) is 6.34. The Morgan fingerprint density at radius 2 is 1.77 bits per heavy atom. The average Bonchev–Trinajstić information content (AvgIpc) is 3.40.